The predicted molar refractivity (Wildman–Crippen MR) is 70.0 cm³/mol. The van der Waals surface area contributed by atoms with Gasteiger partial charge in [-0.2, -0.15) is 0 Å². The molecule has 1 aliphatic heterocycles. The van der Waals surface area contributed by atoms with E-state index in [1.54, 1.807) is 0 Å². The van der Waals surface area contributed by atoms with Crippen molar-refractivity contribution < 1.29 is 9.53 Å². The smallest absolute Gasteiger partial charge is 0.222 e. The lowest BCUT2D eigenvalue weighted by Gasteiger charge is -2.35. The molecule has 1 amide bonds. The largest absolute Gasteiger partial charge is 0.372 e. The van der Waals surface area contributed by atoms with Crippen molar-refractivity contribution in [1.29, 1.82) is 0 Å². The Bertz CT molecular complexity index is 220. The zero-order chi connectivity index (χ0) is 12.7. The average molecular weight is 241 g/mol. The standard InChI is InChI=1S/C14H27NO2/c1-4-5-6-7-8-9-14(16)15-10-12(2)17-13(3)11-15/h12-13H,4-11H2,1-3H3. The van der Waals surface area contributed by atoms with Gasteiger partial charge in [0.15, 0.2) is 0 Å². The van der Waals surface area contributed by atoms with E-state index < -0.39 is 0 Å². The van der Waals surface area contributed by atoms with E-state index in [2.05, 4.69) is 6.92 Å². The Labute approximate surface area is 106 Å². The summed E-state index contributed by atoms with van der Waals surface area (Å²) >= 11 is 0. The van der Waals surface area contributed by atoms with Crippen LogP contribution in [0.25, 0.3) is 0 Å². The van der Waals surface area contributed by atoms with Crippen molar-refractivity contribution >= 4 is 5.91 Å². The Hall–Kier alpha value is -0.570. The van der Waals surface area contributed by atoms with Crippen LogP contribution in [0.4, 0.5) is 0 Å². The average Bonchev–Trinajstić information content (AvgIpc) is 2.27. The van der Waals surface area contributed by atoms with Crippen LogP contribution in [0.2, 0.25) is 0 Å². The quantitative estimate of drug-likeness (QED) is 0.669. The maximum Gasteiger partial charge on any atom is 0.222 e. The minimum atomic E-state index is 0.183. The molecule has 1 saturated heterocycles. The molecule has 17 heavy (non-hydrogen) atoms. The number of morpholine rings is 1. The zero-order valence-electron chi connectivity index (χ0n) is 11.6. The van der Waals surface area contributed by atoms with Crippen LogP contribution in [0, 0.1) is 0 Å². The monoisotopic (exact) mass is 241 g/mol. The van der Waals surface area contributed by atoms with Crippen LogP contribution < -0.4 is 0 Å². The molecule has 2 unspecified atom stereocenters. The topological polar surface area (TPSA) is 29.5 Å². The Morgan fingerprint density at radius 1 is 1.12 bits per heavy atom. The molecule has 0 aromatic carbocycles. The van der Waals surface area contributed by atoms with Crippen molar-refractivity contribution in [3.63, 3.8) is 0 Å². The van der Waals surface area contributed by atoms with Crippen LogP contribution >= 0.6 is 0 Å². The molecule has 0 aromatic heterocycles. The highest BCUT2D eigenvalue weighted by molar-refractivity contribution is 5.76. The molecule has 3 nitrogen and oxygen atoms in total. The van der Waals surface area contributed by atoms with Crippen LogP contribution in [0.15, 0.2) is 0 Å². The lowest BCUT2D eigenvalue weighted by molar-refractivity contribution is -0.143. The minimum Gasteiger partial charge on any atom is -0.372 e. The number of hydrogen-bond donors (Lipinski definition) is 0. The first-order valence-corrected chi connectivity index (χ1v) is 7.06. The molecule has 0 saturated carbocycles. The van der Waals surface area contributed by atoms with E-state index in [1.165, 1.54) is 25.7 Å². The van der Waals surface area contributed by atoms with E-state index in [-0.39, 0.29) is 12.2 Å². The lowest BCUT2D eigenvalue weighted by atomic mass is 10.1. The van der Waals surface area contributed by atoms with Crippen molar-refractivity contribution in [3.8, 4) is 0 Å². The van der Waals surface area contributed by atoms with Gasteiger partial charge < -0.3 is 9.64 Å². The molecule has 0 spiro atoms. The third-order valence-corrected chi connectivity index (χ3v) is 3.27. The third kappa shape index (κ3) is 5.53. The molecule has 100 valence electrons. The van der Waals surface area contributed by atoms with Crippen LogP contribution in [0.1, 0.15) is 59.3 Å². The van der Waals surface area contributed by atoms with E-state index in [0.29, 0.717) is 12.3 Å². The number of nitrogens with zero attached hydrogens (tertiary/aromatic N) is 1. The molecular weight excluding hydrogens is 214 g/mol. The highest BCUT2D eigenvalue weighted by Gasteiger charge is 2.25. The van der Waals surface area contributed by atoms with Gasteiger partial charge in [0.05, 0.1) is 12.2 Å². The van der Waals surface area contributed by atoms with E-state index in [0.717, 1.165) is 19.5 Å². The molecule has 2 atom stereocenters. The summed E-state index contributed by atoms with van der Waals surface area (Å²) in [7, 11) is 0. The lowest BCUT2D eigenvalue weighted by Crippen LogP contribution is -2.48. The van der Waals surface area contributed by atoms with E-state index in [9.17, 15) is 4.79 Å². The van der Waals surface area contributed by atoms with Crippen molar-refractivity contribution in [2.75, 3.05) is 13.1 Å². The van der Waals surface area contributed by atoms with Gasteiger partial charge in [0.25, 0.3) is 0 Å². The van der Waals surface area contributed by atoms with Crippen molar-refractivity contribution in [2.45, 2.75) is 71.5 Å². The molecule has 3 heteroatoms. The summed E-state index contributed by atoms with van der Waals surface area (Å²) in [6.07, 6.45) is 7.12. The fraction of sp³-hybridized carbons (Fsp3) is 0.929. The molecule has 1 heterocycles. The van der Waals surface area contributed by atoms with Gasteiger partial charge in [-0.3, -0.25) is 4.79 Å². The van der Waals surface area contributed by atoms with Gasteiger partial charge in [0.2, 0.25) is 5.91 Å². The maximum absolute atomic E-state index is 12.0. The summed E-state index contributed by atoms with van der Waals surface area (Å²) in [6, 6.07) is 0. The first kappa shape index (κ1) is 14.5. The van der Waals surface area contributed by atoms with Crippen LogP contribution in [-0.2, 0) is 9.53 Å². The van der Waals surface area contributed by atoms with E-state index in [1.807, 2.05) is 18.7 Å². The van der Waals surface area contributed by atoms with Crippen molar-refractivity contribution in [2.24, 2.45) is 0 Å². The summed E-state index contributed by atoms with van der Waals surface area (Å²) in [5, 5.41) is 0. The molecule has 1 rings (SSSR count). The summed E-state index contributed by atoms with van der Waals surface area (Å²) in [4.78, 5) is 14.0. The van der Waals surface area contributed by atoms with Gasteiger partial charge >= 0.3 is 0 Å². The summed E-state index contributed by atoms with van der Waals surface area (Å²) < 4.78 is 5.63. The highest BCUT2D eigenvalue weighted by atomic mass is 16.5. The molecule has 1 fully saturated rings. The SMILES string of the molecule is CCCCCCCC(=O)N1CC(C)OC(C)C1. The fourth-order valence-corrected chi connectivity index (χ4v) is 2.42. The Kier molecular flexibility index (Phi) is 6.56. The van der Waals surface area contributed by atoms with E-state index >= 15 is 0 Å². The molecule has 1 aliphatic rings. The minimum absolute atomic E-state index is 0.183. The van der Waals surface area contributed by atoms with Gasteiger partial charge in [0, 0.05) is 19.5 Å². The number of unbranched alkanes of at least 4 members (excludes halogenated alkanes) is 4. The first-order valence-electron chi connectivity index (χ1n) is 7.06. The zero-order valence-corrected chi connectivity index (χ0v) is 11.6. The normalized spacial score (nSPS) is 25.0. The second-order valence-electron chi connectivity index (χ2n) is 5.22. The molecule has 0 N–H and O–H groups in total. The Balaban J connectivity index is 2.18. The fourth-order valence-electron chi connectivity index (χ4n) is 2.42. The summed E-state index contributed by atoms with van der Waals surface area (Å²) in [6.45, 7) is 7.81. The van der Waals surface area contributed by atoms with Gasteiger partial charge in [0.1, 0.15) is 0 Å². The van der Waals surface area contributed by atoms with Crippen molar-refractivity contribution in [3.05, 3.63) is 0 Å². The summed E-state index contributed by atoms with van der Waals surface area (Å²) in [5.41, 5.74) is 0. The molecular formula is C14H27NO2. The number of rotatable bonds is 6. The van der Waals surface area contributed by atoms with Gasteiger partial charge in [-0.1, -0.05) is 32.6 Å². The van der Waals surface area contributed by atoms with Gasteiger partial charge in [-0.05, 0) is 20.3 Å². The highest BCUT2D eigenvalue weighted by Crippen LogP contribution is 2.13. The Morgan fingerprint density at radius 2 is 1.71 bits per heavy atom. The van der Waals surface area contributed by atoms with Crippen LogP contribution in [0.5, 0.6) is 0 Å². The van der Waals surface area contributed by atoms with Gasteiger partial charge in [-0.25, -0.2) is 0 Å². The number of amides is 1. The van der Waals surface area contributed by atoms with E-state index in [4.69, 9.17) is 4.74 Å². The molecule has 0 bridgehead atoms. The number of carbonyl (C=O) groups is 1. The number of hydrogen-bond acceptors (Lipinski definition) is 2. The Morgan fingerprint density at radius 3 is 2.29 bits per heavy atom. The van der Waals surface area contributed by atoms with Crippen LogP contribution in [-0.4, -0.2) is 36.1 Å². The third-order valence-electron chi connectivity index (χ3n) is 3.27. The first-order chi connectivity index (χ1) is 8.13. The van der Waals surface area contributed by atoms with Crippen molar-refractivity contribution in [1.82, 2.24) is 4.90 Å². The van der Waals surface area contributed by atoms with Gasteiger partial charge in [-0.15, -0.1) is 0 Å². The molecule has 0 radical (unpaired) electrons. The second kappa shape index (κ2) is 7.70. The predicted octanol–water partition coefficient (Wildman–Crippen LogP) is 2.98. The summed E-state index contributed by atoms with van der Waals surface area (Å²) in [5.74, 6) is 0.309. The molecule has 0 aliphatic carbocycles. The number of ether oxygens (including phenoxy) is 1. The van der Waals surface area contributed by atoms with Crippen LogP contribution in [0.3, 0.4) is 0 Å². The number of carbonyl (C=O) groups excluding carboxylic acids is 1. The molecule has 0 aromatic rings. The second-order valence-corrected chi connectivity index (χ2v) is 5.22. The maximum atomic E-state index is 12.0.